The number of benzene rings is 1. The lowest BCUT2D eigenvalue weighted by molar-refractivity contribution is -0.134. The van der Waals surface area contributed by atoms with Gasteiger partial charge in [-0.1, -0.05) is 111 Å². The van der Waals surface area contributed by atoms with Gasteiger partial charge in [0.2, 0.25) is 0 Å². The van der Waals surface area contributed by atoms with Crippen LogP contribution in [0.15, 0.2) is 28.3 Å². The minimum Gasteiger partial charge on any atom is -0.371 e. The predicted octanol–water partition coefficient (Wildman–Crippen LogP) is 9.83. The molecule has 0 aliphatic carbocycles. The summed E-state index contributed by atoms with van der Waals surface area (Å²) in [5, 5.41) is 4.13. The third kappa shape index (κ3) is 10.7. The topological polar surface area (TPSA) is 54.3 Å². The molecule has 0 spiro atoms. The van der Waals surface area contributed by atoms with Crippen molar-refractivity contribution in [1.82, 2.24) is 0 Å². The number of anilines is 1. The van der Waals surface area contributed by atoms with Gasteiger partial charge in [-0.15, -0.1) is 0 Å². The van der Waals surface area contributed by atoms with Crippen LogP contribution in [0, 0.1) is 24.7 Å². The van der Waals surface area contributed by atoms with E-state index in [-0.39, 0.29) is 0 Å². The van der Waals surface area contributed by atoms with Gasteiger partial charge in [0.05, 0.1) is 5.69 Å². The lowest BCUT2D eigenvalue weighted by atomic mass is 9.92. The van der Waals surface area contributed by atoms with E-state index >= 15 is 0 Å². The SMILES string of the molecule is CCCCC(CC)CC1=NOC(=O)C1=Nc1ccc(N(CC(CC)CCCC)CC(CC)CCCC)cc1C. The summed E-state index contributed by atoms with van der Waals surface area (Å²) in [6.07, 6.45) is 15.5. The zero-order valence-corrected chi connectivity index (χ0v) is 26.2. The Hall–Kier alpha value is -2.17. The summed E-state index contributed by atoms with van der Waals surface area (Å²) in [5.41, 5.74) is 4.28. The van der Waals surface area contributed by atoms with Crippen molar-refractivity contribution in [1.29, 1.82) is 0 Å². The summed E-state index contributed by atoms with van der Waals surface area (Å²) in [6, 6.07) is 6.56. The normalized spacial score (nSPS) is 16.7. The first-order valence-corrected chi connectivity index (χ1v) is 16.1. The van der Waals surface area contributed by atoms with Crippen LogP contribution in [-0.4, -0.2) is 30.5 Å². The molecule has 39 heavy (non-hydrogen) atoms. The molecule has 0 amide bonds. The number of aryl methyl sites for hydroxylation is 1. The van der Waals surface area contributed by atoms with Crippen LogP contribution in [0.4, 0.5) is 11.4 Å². The number of rotatable bonds is 20. The summed E-state index contributed by atoms with van der Waals surface area (Å²) >= 11 is 0. The Morgan fingerprint density at radius 2 is 1.36 bits per heavy atom. The second-order valence-electron chi connectivity index (χ2n) is 11.7. The third-order valence-corrected chi connectivity index (χ3v) is 8.55. The molecule has 1 aromatic rings. The average molecular weight is 540 g/mol. The number of carbonyl (C=O) groups is 1. The number of carbonyl (C=O) groups excluding carboxylic acids is 1. The fraction of sp³-hybridized carbons (Fsp3) is 0.735. The second kappa shape index (κ2) is 18.2. The van der Waals surface area contributed by atoms with E-state index in [0.717, 1.165) is 43.6 Å². The van der Waals surface area contributed by atoms with Gasteiger partial charge in [0.15, 0.2) is 5.71 Å². The minimum atomic E-state index is -0.427. The van der Waals surface area contributed by atoms with E-state index < -0.39 is 5.97 Å². The molecule has 1 aliphatic rings. The molecule has 1 heterocycles. The smallest absolute Gasteiger partial charge is 0.371 e. The molecular formula is C34H57N3O2. The van der Waals surface area contributed by atoms with Crippen LogP contribution in [0.2, 0.25) is 0 Å². The molecule has 0 N–H and O–H groups in total. The van der Waals surface area contributed by atoms with Crippen molar-refractivity contribution < 1.29 is 9.63 Å². The van der Waals surface area contributed by atoms with E-state index in [9.17, 15) is 4.79 Å². The van der Waals surface area contributed by atoms with Crippen LogP contribution in [0.5, 0.6) is 0 Å². The van der Waals surface area contributed by atoms with E-state index in [4.69, 9.17) is 9.83 Å². The summed E-state index contributed by atoms with van der Waals surface area (Å²) in [7, 11) is 0. The Balaban J connectivity index is 2.30. The van der Waals surface area contributed by atoms with Gasteiger partial charge in [-0.2, -0.15) is 0 Å². The maximum Gasteiger partial charge on any atom is 0.385 e. The zero-order valence-electron chi connectivity index (χ0n) is 26.2. The molecule has 0 saturated carbocycles. The number of aliphatic imine (C=N–C) groups is 1. The molecule has 2 rings (SSSR count). The monoisotopic (exact) mass is 539 g/mol. The molecule has 5 heteroatoms. The maximum atomic E-state index is 12.6. The van der Waals surface area contributed by atoms with E-state index in [1.165, 1.54) is 69.9 Å². The first-order valence-electron chi connectivity index (χ1n) is 16.1. The summed E-state index contributed by atoms with van der Waals surface area (Å²) in [6.45, 7) is 18.0. The van der Waals surface area contributed by atoms with E-state index in [1.54, 1.807) is 0 Å². The van der Waals surface area contributed by atoms with Gasteiger partial charge in [-0.25, -0.2) is 9.79 Å². The van der Waals surface area contributed by atoms with Gasteiger partial charge in [0.25, 0.3) is 0 Å². The van der Waals surface area contributed by atoms with Crippen LogP contribution in [0.25, 0.3) is 0 Å². The van der Waals surface area contributed by atoms with Crippen molar-refractivity contribution in [2.24, 2.45) is 27.9 Å². The highest BCUT2D eigenvalue weighted by atomic mass is 16.7. The highest BCUT2D eigenvalue weighted by molar-refractivity contribution is 6.67. The molecule has 3 atom stereocenters. The molecule has 220 valence electrons. The largest absolute Gasteiger partial charge is 0.385 e. The Bertz CT molecular complexity index is 905. The number of nitrogens with zero attached hydrogens (tertiary/aromatic N) is 3. The molecule has 0 bridgehead atoms. The molecule has 0 aromatic heterocycles. The molecular weight excluding hydrogens is 482 g/mol. The average Bonchev–Trinajstić information content (AvgIpc) is 3.29. The second-order valence-corrected chi connectivity index (χ2v) is 11.7. The molecule has 3 unspecified atom stereocenters. The van der Waals surface area contributed by atoms with Gasteiger partial charge in [0, 0.05) is 18.8 Å². The summed E-state index contributed by atoms with van der Waals surface area (Å²) in [4.78, 5) is 25.1. The van der Waals surface area contributed by atoms with Gasteiger partial charge in [-0.3, -0.25) is 0 Å². The van der Waals surface area contributed by atoms with Crippen LogP contribution >= 0.6 is 0 Å². The van der Waals surface area contributed by atoms with Gasteiger partial charge in [0.1, 0.15) is 5.71 Å². The molecule has 0 fully saturated rings. The van der Waals surface area contributed by atoms with Gasteiger partial charge < -0.3 is 9.74 Å². The highest BCUT2D eigenvalue weighted by Gasteiger charge is 2.29. The summed E-state index contributed by atoms with van der Waals surface area (Å²) < 4.78 is 0. The van der Waals surface area contributed by atoms with Crippen molar-refractivity contribution >= 4 is 28.8 Å². The minimum absolute atomic E-state index is 0.383. The maximum absolute atomic E-state index is 12.6. The molecule has 0 saturated heterocycles. The zero-order chi connectivity index (χ0) is 28.6. The Kier molecular flexibility index (Phi) is 15.4. The number of hydrogen-bond acceptors (Lipinski definition) is 5. The standard InChI is InChI=1S/C34H57N3O2/c1-8-14-17-27(11-4)23-32-33(34(38)39-36-32)35-31-21-20-30(22-26(31)7)37(24-28(12-5)18-15-9-2)25-29(13-6)19-16-10-3/h20-22,27-29H,8-19,23-25H2,1-7H3. The molecule has 5 nitrogen and oxygen atoms in total. The Morgan fingerprint density at radius 3 is 1.85 bits per heavy atom. The Morgan fingerprint density at radius 1 is 0.821 bits per heavy atom. The Labute approximate surface area is 239 Å². The fourth-order valence-corrected chi connectivity index (χ4v) is 5.59. The number of hydrogen-bond donors (Lipinski definition) is 0. The molecule has 1 aliphatic heterocycles. The van der Waals surface area contributed by atoms with E-state index in [0.29, 0.717) is 29.2 Å². The molecule has 1 aromatic carbocycles. The van der Waals surface area contributed by atoms with Crippen LogP contribution in [0.1, 0.15) is 131 Å². The third-order valence-electron chi connectivity index (χ3n) is 8.55. The van der Waals surface area contributed by atoms with Crippen molar-refractivity contribution in [3.8, 4) is 0 Å². The van der Waals surface area contributed by atoms with E-state index in [2.05, 4.69) is 76.7 Å². The fourth-order valence-electron chi connectivity index (χ4n) is 5.59. The van der Waals surface area contributed by atoms with Crippen LogP contribution in [0.3, 0.4) is 0 Å². The van der Waals surface area contributed by atoms with Crippen molar-refractivity contribution in [2.75, 3.05) is 18.0 Å². The number of oxime groups is 1. The first kappa shape index (κ1) is 33.0. The lowest BCUT2D eigenvalue weighted by Crippen LogP contribution is -2.34. The van der Waals surface area contributed by atoms with Crippen LogP contribution < -0.4 is 4.90 Å². The van der Waals surface area contributed by atoms with Crippen LogP contribution in [-0.2, 0) is 9.63 Å². The van der Waals surface area contributed by atoms with Gasteiger partial charge in [-0.05, 0) is 67.7 Å². The van der Waals surface area contributed by atoms with Crippen molar-refractivity contribution in [3.63, 3.8) is 0 Å². The lowest BCUT2D eigenvalue weighted by Gasteiger charge is -2.33. The van der Waals surface area contributed by atoms with E-state index in [1.807, 2.05) is 0 Å². The number of unbranched alkanes of at least 4 members (excludes halogenated alkanes) is 3. The van der Waals surface area contributed by atoms with Crippen molar-refractivity contribution in [2.45, 2.75) is 132 Å². The summed E-state index contributed by atoms with van der Waals surface area (Å²) in [5.74, 6) is 1.49. The predicted molar refractivity (Wildman–Crippen MR) is 169 cm³/mol. The van der Waals surface area contributed by atoms with Gasteiger partial charge >= 0.3 is 5.97 Å². The molecule has 0 radical (unpaired) electrons. The van der Waals surface area contributed by atoms with Crippen molar-refractivity contribution in [3.05, 3.63) is 23.8 Å². The first-order chi connectivity index (χ1) is 18.9. The highest BCUT2D eigenvalue weighted by Crippen LogP contribution is 2.30. The quantitative estimate of drug-likeness (QED) is 0.155.